The van der Waals surface area contributed by atoms with E-state index >= 15 is 0 Å². The third-order valence-corrected chi connectivity index (χ3v) is 4.68. The first kappa shape index (κ1) is 12.4. The summed E-state index contributed by atoms with van der Waals surface area (Å²) in [5.74, 6) is 1.46. The number of nitrogens with one attached hydrogen (secondary N) is 1. The van der Waals surface area contributed by atoms with Gasteiger partial charge in [0.15, 0.2) is 0 Å². The van der Waals surface area contributed by atoms with Gasteiger partial charge in [0.2, 0.25) is 0 Å². The Balaban J connectivity index is 1.74. The molecule has 90 valence electrons. The summed E-state index contributed by atoms with van der Waals surface area (Å²) in [7, 11) is 0. The number of hydrogen-bond acceptors (Lipinski definition) is 2. The second-order valence-corrected chi connectivity index (χ2v) is 6.85. The molecule has 16 heavy (non-hydrogen) atoms. The largest absolute Gasteiger partial charge is 0.314 e. The van der Waals surface area contributed by atoms with Crippen molar-refractivity contribution in [2.75, 3.05) is 6.54 Å². The fraction of sp³-hybridized carbons (Fsp3) is 0.692. The molecule has 1 heterocycles. The van der Waals surface area contributed by atoms with Crippen LogP contribution in [-0.4, -0.2) is 12.6 Å². The zero-order valence-corrected chi connectivity index (χ0v) is 11.6. The lowest BCUT2D eigenvalue weighted by Crippen LogP contribution is -2.27. The van der Waals surface area contributed by atoms with Crippen LogP contribution in [-0.2, 0) is 6.42 Å². The van der Waals surface area contributed by atoms with E-state index in [1.54, 1.807) is 11.3 Å². The molecular weight excluding hydrogens is 238 g/mol. The van der Waals surface area contributed by atoms with E-state index in [4.69, 9.17) is 11.6 Å². The maximum atomic E-state index is 5.94. The van der Waals surface area contributed by atoms with Gasteiger partial charge in [-0.05, 0) is 49.8 Å². The standard InChI is InChI=1S/C13H20ClNS/c1-9(7-12-5-6-13(14)16-12)10(2)8-15-11-3-4-11/h5-6,9-11,15H,3-4,7-8H2,1-2H3. The number of thiophene rings is 1. The van der Waals surface area contributed by atoms with Crippen LogP contribution in [0.15, 0.2) is 12.1 Å². The molecule has 0 saturated heterocycles. The van der Waals surface area contributed by atoms with Gasteiger partial charge in [-0.2, -0.15) is 0 Å². The summed E-state index contributed by atoms with van der Waals surface area (Å²) in [6, 6.07) is 4.98. The van der Waals surface area contributed by atoms with Crippen molar-refractivity contribution in [3.63, 3.8) is 0 Å². The molecular formula is C13H20ClNS. The van der Waals surface area contributed by atoms with Crippen LogP contribution < -0.4 is 5.32 Å². The third kappa shape index (κ3) is 3.76. The molecule has 3 heteroatoms. The van der Waals surface area contributed by atoms with Crippen LogP contribution in [0.2, 0.25) is 4.34 Å². The van der Waals surface area contributed by atoms with Crippen molar-refractivity contribution >= 4 is 22.9 Å². The summed E-state index contributed by atoms with van der Waals surface area (Å²) in [6.45, 7) is 5.84. The Morgan fingerprint density at radius 2 is 2.12 bits per heavy atom. The van der Waals surface area contributed by atoms with E-state index in [0.29, 0.717) is 0 Å². The molecule has 1 fully saturated rings. The van der Waals surface area contributed by atoms with Crippen molar-refractivity contribution in [3.05, 3.63) is 21.3 Å². The molecule has 1 aliphatic rings. The van der Waals surface area contributed by atoms with Gasteiger partial charge in [-0.3, -0.25) is 0 Å². The Bertz CT molecular complexity index is 332. The molecule has 2 rings (SSSR count). The van der Waals surface area contributed by atoms with Crippen LogP contribution in [0.3, 0.4) is 0 Å². The highest BCUT2D eigenvalue weighted by atomic mass is 35.5. The van der Waals surface area contributed by atoms with Crippen LogP contribution in [0.4, 0.5) is 0 Å². The second kappa shape index (κ2) is 5.52. The Kier molecular flexibility index (Phi) is 4.28. The highest BCUT2D eigenvalue weighted by Crippen LogP contribution is 2.26. The monoisotopic (exact) mass is 257 g/mol. The fourth-order valence-corrected chi connectivity index (χ4v) is 3.05. The normalized spacial score (nSPS) is 19.7. The Morgan fingerprint density at radius 3 is 2.69 bits per heavy atom. The smallest absolute Gasteiger partial charge is 0.0931 e. The predicted octanol–water partition coefficient (Wildman–Crippen LogP) is 3.97. The molecule has 1 nitrogen and oxygen atoms in total. The molecule has 1 N–H and O–H groups in total. The van der Waals surface area contributed by atoms with Gasteiger partial charge in [0, 0.05) is 10.9 Å². The van der Waals surface area contributed by atoms with Crippen LogP contribution in [0.1, 0.15) is 31.6 Å². The van der Waals surface area contributed by atoms with Gasteiger partial charge in [0.25, 0.3) is 0 Å². The molecule has 0 radical (unpaired) electrons. The number of hydrogen-bond donors (Lipinski definition) is 1. The maximum Gasteiger partial charge on any atom is 0.0931 e. The van der Waals surface area contributed by atoms with Crippen LogP contribution in [0.25, 0.3) is 0 Å². The maximum absolute atomic E-state index is 5.94. The van der Waals surface area contributed by atoms with Crippen molar-refractivity contribution in [1.29, 1.82) is 0 Å². The van der Waals surface area contributed by atoms with E-state index < -0.39 is 0 Å². The number of halogens is 1. The zero-order chi connectivity index (χ0) is 11.5. The fourth-order valence-electron chi connectivity index (χ4n) is 1.82. The van der Waals surface area contributed by atoms with Gasteiger partial charge < -0.3 is 5.32 Å². The molecule has 2 atom stereocenters. The van der Waals surface area contributed by atoms with Crippen molar-refractivity contribution in [1.82, 2.24) is 5.32 Å². The van der Waals surface area contributed by atoms with Gasteiger partial charge in [0.1, 0.15) is 0 Å². The molecule has 1 aromatic heterocycles. The molecule has 0 spiro atoms. The summed E-state index contributed by atoms with van der Waals surface area (Å²) >= 11 is 7.66. The van der Waals surface area contributed by atoms with E-state index in [9.17, 15) is 0 Å². The molecule has 0 bridgehead atoms. The molecule has 0 amide bonds. The van der Waals surface area contributed by atoms with Crippen LogP contribution in [0, 0.1) is 11.8 Å². The lowest BCUT2D eigenvalue weighted by Gasteiger charge is -2.19. The van der Waals surface area contributed by atoms with E-state index in [0.717, 1.165) is 35.2 Å². The van der Waals surface area contributed by atoms with Crippen molar-refractivity contribution in [2.45, 2.75) is 39.2 Å². The zero-order valence-electron chi connectivity index (χ0n) is 10.0. The minimum Gasteiger partial charge on any atom is -0.314 e. The number of rotatable bonds is 6. The second-order valence-electron chi connectivity index (χ2n) is 5.05. The summed E-state index contributed by atoms with van der Waals surface area (Å²) in [4.78, 5) is 1.41. The molecule has 1 aliphatic carbocycles. The summed E-state index contributed by atoms with van der Waals surface area (Å²) in [5, 5.41) is 3.61. The first-order valence-corrected chi connectivity index (χ1v) is 7.32. The average molecular weight is 258 g/mol. The topological polar surface area (TPSA) is 12.0 Å². The summed E-state index contributed by atoms with van der Waals surface area (Å²) < 4.78 is 0.908. The summed E-state index contributed by atoms with van der Waals surface area (Å²) in [5.41, 5.74) is 0. The Labute approximate surface area is 107 Å². The van der Waals surface area contributed by atoms with Crippen molar-refractivity contribution in [3.8, 4) is 0 Å². The minimum absolute atomic E-state index is 0.723. The predicted molar refractivity (Wildman–Crippen MR) is 72.4 cm³/mol. The quantitative estimate of drug-likeness (QED) is 0.813. The van der Waals surface area contributed by atoms with Gasteiger partial charge in [0.05, 0.1) is 4.34 Å². The first-order valence-electron chi connectivity index (χ1n) is 6.12. The third-order valence-electron chi connectivity index (χ3n) is 3.43. The van der Waals surface area contributed by atoms with Crippen molar-refractivity contribution in [2.24, 2.45) is 11.8 Å². The van der Waals surface area contributed by atoms with Crippen molar-refractivity contribution < 1.29 is 0 Å². The lowest BCUT2D eigenvalue weighted by atomic mass is 9.92. The molecule has 0 aromatic carbocycles. The molecule has 0 aliphatic heterocycles. The highest BCUT2D eigenvalue weighted by Gasteiger charge is 2.22. The average Bonchev–Trinajstić information content (AvgIpc) is 2.99. The van der Waals surface area contributed by atoms with Crippen LogP contribution >= 0.6 is 22.9 Å². The molecule has 1 aromatic rings. The van der Waals surface area contributed by atoms with E-state index in [1.165, 1.54) is 17.7 Å². The minimum atomic E-state index is 0.723. The Hall–Kier alpha value is -0.0500. The molecule has 1 saturated carbocycles. The van der Waals surface area contributed by atoms with Gasteiger partial charge in [-0.15, -0.1) is 11.3 Å². The van der Waals surface area contributed by atoms with E-state index in [2.05, 4.69) is 25.2 Å². The van der Waals surface area contributed by atoms with E-state index in [1.807, 2.05) is 6.07 Å². The Morgan fingerprint density at radius 1 is 1.38 bits per heavy atom. The summed E-state index contributed by atoms with van der Waals surface area (Å²) in [6.07, 6.45) is 3.91. The van der Waals surface area contributed by atoms with Crippen LogP contribution in [0.5, 0.6) is 0 Å². The first-order chi connectivity index (χ1) is 7.65. The van der Waals surface area contributed by atoms with Gasteiger partial charge in [-0.25, -0.2) is 0 Å². The SMILES string of the molecule is CC(CNC1CC1)C(C)Cc1ccc(Cl)s1. The lowest BCUT2D eigenvalue weighted by molar-refractivity contribution is 0.366. The van der Waals surface area contributed by atoms with E-state index in [-0.39, 0.29) is 0 Å². The molecule has 2 unspecified atom stereocenters. The highest BCUT2D eigenvalue weighted by molar-refractivity contribution is 7.16. The van der Waals surface area contributed by atoms with Gasteiger partial charge >= 0.3 is 0 Å². The van der Waals surface area contributed by atoms with Gasteiger partial charge in [-0.1, -0.05) is 25.4 Å².